The lowest BCUT2D eigenvalue weighted by molar-refractivity contribution is 0.244. The lowest BCUT2D eigenvalue weighted by Crippen LogP contribution is -2.43. The van der Waals surface area contributed by atoms with Crippen LogP contribution in [0, 0.1) is 6.92 Å². The minimum atomic E-state index is 0.144. The molecular weight excluding hydrogens is 224 g/mol. The summed E-state index contributed by atoms with van der Waals surface area (Å²) < 4.78 is 0. The Morgan fingerprint density at radius 2 is 2.11 bits per heavy atom. The number of nitrogens with zero attached hydrogens (tertiary/aromatic N) is 1. The number of aryl methyl sites for hydroxylation is 1. The first kappa shape index (κ1) is 15.0. The third-order valence-electron chi connectivity index (χ3n) is 3.09. The Balaban J connectivity index is 2.65. The number of anilines is 1. The molecule has 18 heavy (non-hydrogen) atoms. The second kappa shape index (κ2) is 8.11. The Morgan fingerprint density at radius 1 is 1.33 bits per heavy atom. The molecule has 3 nitrogen and oxygen atoms in total. The highest BCUT2D eigenvalue weighted by Gasteiger charge is 2.12. The molecule has 1 aromatic carbocycles. The summed E-state index contributed by atoms with van der Waals surface area (Å²) in [4.78, 5) is 2.30. The van der Waals surface area contributed by atoms with E-state index in [1.807, 2.05) is 0 Å². The van der Waals surface area contributed by atoms with Crippen LogP contribution in [0.5, 0.6) is 0 Å². The summed E-state index contributed by atoms with van der Waals surface area (Å²) in [5.74, 6) is 0. The first-order valence-corrected chi connectivity index (χ1v) is 6.87. The molecule has 1 aromatic rings. The van der Waals surface area contributed by atoms with Gasteiger partial charge in [0.15, 0.2) is 0 Å². The van der Waals surface area contributed by atoms with Gasteiger partial charge in [-0.15, -0.1) is 0 Å². The largest absolute Gasteiger partial charge is 0.395 e. The smallest absolute Gasteiger partial charge is 0.0601 e. The monoisotopic (exact) mass is 250 g/mol. The quantitative estimate of drug-likeness (QED) is 0.742. The van der Waals surface area contributed by atoms with E-state index in [9.17, 15) is 5.11 Å². The van der Waals surface area contributed by atoms with Crippen molar-refractivity contribution in [1.29, 1.82) is 0 Å². The normalized spacial score (nSPS) is 12.4. The molecule has 0 aliphatic carbocycles. The van der Waals surface area contributed by atoms with E-state index in [4.69, 9.17) is 0 Å². The van der Waals surface area contributed by atoms with Crippen LogP contribution in [0.1, 0.15) is 25.8 Å². The number of likely N-dealkylation sites (N-methyl/N-ethyl adjacent to an activating group) is 1. The zero-order valence-electron chi connectivity index (χ0n) is 11.8. The summed E-state index contributed by atoms with van der Waals surface area (Å²) >= 11 is 0. The minimum absolute atomic E-state index is 0.144. The maximum atomic E-state index is 9.41. The first-order chi connectivity index (χ1) is 8.71. The third kappa shape index (κ3) is 4.67. The molecule has 102 valence electrons. The third-order valence-corrected chi connectivity index (χ3v) is 3.09. The highest BCUT2D eigenvalue weighted by molar-refractivity contribution is 5.48. The summed E-state index contributed by atoms with van der Waals surface area (Å²) in [7, 11) is 0. The summed E-state index contributed by atoms with van der Waals surface area (Å²) in [5, 5.41) is 12.8. The molecule has 0 aromatic heterocycles. The zero-order chi connectivity index (χ0) is 13.4. The van der Waals surface area contributed by atoms with E-state index in [1.54, 1.807) is 0 Å². The molecule has 1 rings (SSSR count). The number of hydrogen-bond donors (Lipinski definition) is 2. The van der Waals surface area contributed by atoms with Gasteiger partial charge < -0.3 is 15.3 Å². The Kier molecular flexibility index (Phi) is 6.76. The molecule has 0 heterocycles. The Bertz CT molecular complexity index is 341. The summed E-state index contributed by atoms with van der Waals surface area (Å²) in [5.41, 5.74) is 2.50. The van der Waals surface area contributed by atoms with Crippen LogP contribution in [0.15, 0.2) is 24.3 Å². The molecule has 1 unspecified atom stereocenters. The number of aliphatic hydroxyl groups excluding tert-OH is 1. The summed E-state index contributed by atoms with van der Waals surface area (Å²) in [6.45, 7) is 9.33. The second-order valence-corrected chi connectivity index (χ2v) is 4.71. The number of hydrogen-bond acceptors (Lipinski definition) is 3. The number of nitrogens with one attached hydrogen (secondary N) is 1. The van der Waals surface area contributed by atoms with Crippen LogP contribution in [0.3, 0.4) is 0 Å². The van der Waals surface area contributed by atoms with Crippen molar-refractivity contribution < 1.29 is 5.11 Å². The maximum Gasteiger partial charge on any atom is 0.0601 e. The molecule has 0 spiro atoms. The predicted octanol–water partition coefficient (Wildman–Crippen LogP) is 2.18. The van der Waals surface area contributed by atoms with Crippen LogP contribution < -0.4 is 10.2 Å². The van der Waals surface area contributed by atoms with Crippen molar-refractivity contribution in [3.8, 4) is 0 Å². The number of aliphatic hydroxyl groups is 1. The van der Waals surface area contributed by atoms with Gasteiger partial charge in [0.1, 0.15) is 0 Å². The standard InChI is InChI=1S/C15H26N2O/c1-4-9-16-14(12-18)11-17(5-2)15-8-6-7-13(3)10-15/h6-8,10,14,16,18H,4-5,9,11-12H2,1-3H3. The summed E-state index contributed by atoms with van der Waals surface area (Å²) in [6, 6.07) is 8.66. The van der Waals surface area contributed by atoms with Gasteiger partial charge in [0.05, 0.1) is 6.61 Å². The molecular formula is C15H26N2O. The van der Waals surface area contributed by atoms with Crippen molar-refractivity contribution >= 4 is 5.69 Å². The molecule has 0 amide bonds. The van der Waals surface area contributed by atoms with Gasteiger partial charge in [0.25, 0.3) is 0 Å². The van der Waals surface area contributed by atoms with Crippen LogP contribution in [0.4, 0.5) is 5.69 Å². The van der Waals surface area contributed by atoms with Crippen molar-refractivity contribution in [2.75, 3.05) is 31.1 Å². The summed E-state index contributed by atoms with van der Waals surface area (Å²) in [6.07, 6.45) is 1.09. The fourth-order valence-electron chi connectivity index (χ4n) is 2.04. The van der Waals surface area contributed by atoms with E-state index < -0.39 is 0 Å². The first-order valence-electron chi connectivity index (χ1n) is 6.87. The minimum Gasteiger partial charge on any atom is -0.395 e. The Labute approximate surface area is 111 Å². The lowest BCUT2D eigenvalue weighted by atomic mass is 10.2. The van der Waals surface area contributed by atoms with E-state index in [-0.39, 0.29) is 12.6 Å². The lowest BCUT2D eigenvalue weighted by Gasteiger charge is -2.28. The molecule has 0 saturated heterocycles. The van der Waals surface area contributed by atoms with Gasteiger partial charge in [-0.2, -0.15) is 0 Å². The van der Waals surface area contributed by atoms with Crippen molar-refractivity contribution in [3.05, 3.63) is 29.8 Å². The second-order valence-electron chi connectivity index (χ2n) is 4.71. The van der Waals surface area contributed by atoms with Gasteiger partial charge in [-0.25, -0.2) is 0 Å². The van der Waals surface area contributed by atoms with Crippen molar-refractivity contribution in [3.63, 3.8) is 0 Å². The number of benzene rings is 1. The van der Waals surface area contributed by atoms with Crippen LogP contribution >= 0.6 is 0 Å². The predicted molar refractivity (Wildman–Crippen MR) is 78.2 cm³/mol. The number of rotatable bonds is 8. The van der Waals surface area contributed by atoms with Gasteiger partial charge in [-0.05, 0) is 44.5 Å². The van der Waals surface area contributed by atoms with Gasteiger partial charge in [0, 0.05) is 24.8 Å². The highest BCUT2D eigenvalue weighted by Crippen LogP contribution is 2.15. The van der Waals surface area contributed by atoms with E-state index in [0.717, 1.165) is 26.1 Å². The van der Waals surface area contributed by atoms with Crippen LogP contribution in [0.25, 0.3) is 0 Å². The van der Waals surface area contributed by atoms with Crippen molar-refractivity contribution in [2.24, 2.45) is 0 Å². The van der Waals surface area contributed by atoms with E-state index >= 15 is 0 Å². The van der Waals surface area contributed by atoms with E-state index in [1.165, 1.54) is 11.3 Å². The van der Waals surface area contributed by atoms with Gasteiger partial charge in [0.2, 0.25) is 0 Å². The van der Waals surface area contributed by atoms with Crippen LogP contribution in [-0.4, -0.2) is 37.4 Å². The average molecular weight is 250 g/mol. The topological polar surface area (TPSA) is 35.5 Å². The molecule has 0 bridgehead atoms. The molecule has 2 N–H and O–H groups in total. The van der Waals surface area contributed by atoms with Crippen molar-refractivity contribution in [1.82, 2.24) is 5.32 Å². The molecule has 0 aliphatic rings. The molecule has 0 fully saturated rings. The molecule has 1 atom stereocenters. The Hall–Kier alpha value is -1.06. The molecule has 3 heteroatoms. The van der Waals surface area contributed by atoms with Crippen LogP contribution in [0.2, 0.25) is 0 Å². The van der Waals surface area contributed by atoms with Gasteiger partial charge >= 0.3 is 0 Å². The van der Waals surface area contributed by atoms with Gasteiger partial charge in [-0.1, -0.05) is 19.1 Å². The van der Waals surface area contributed by atoms with E-state index in [0.29, 0.717) is 0 Å². The zero-order valence-corrected chi connectivity index (χ0v) is 11.8. The van der Waals surface area contributed by atoms with E-state index in [2.05, 4.69) is 55.3 Å². The molecule has 0 saturated carbocycles. The van der Waals surface area contributed by atoms with Crippen molar-refractivity contribution in [2.45, 2.75) is 33.2 Å². The maximum absolute atomic E-state index is 9.41. The Morgan fingerprint density at radius 3 is 2.67 bits per heavy atom. The molecule has 0 radical (unpaired) electrons. The fraction of sp³-hybridized carbons (Fsp3) is 0.600. The highest BCUT2D eigenvalue weighted by atomic mass is 16.3. The fourth-order valence-corrected chi connectivity index (χ4v) is 2.04. The average Bonchev–Trinajstić information content (AvgIpc) is 2.39. The van der Waals surface area contributed by atoms with Crippen LogP contribution in [-0.2, 0) is 0 Å². The SMILES string of the molecule is CCCNC(CO)CN(CC)c1cccc(C)c1. The molecule has 0 aliphatic heterocycles. The van der Waals surface area contributed by atoms with Gasteiger partial charge in [-0.3, -0.25) is 0 Å².